The predicted octanol–water partition coefficient (Wildman–Crippen LogP) is 4.07. The summed E-state index contributed by atoms with van der Waals surface area (Å²) < 4.78 is 25.5. The third-order valence-corrected chi connectivity index (χ3v) is 6.15. The molecule has 0 N–H and O–H groups in total. The Morgan fingerprint density at radius 1 is 1.24 bits per heavy atom. The summed E-state index contributed by atoms with van der Waals surface area (Å²) in [6.07, 6.45) is 10.9. The normalized spacial score (nSPS) is 15.6. The standard InChI is InChI=1S/C20H25N3O5S/c1-29(26,27)19-12-10-16(11-13-19)20-15-17(7-5-6-14-28-23(24)25)21-22(20)18-8-3-2-4-9-18/h5,7,10-13,15,18H,2-4,6,8-9,14H2,1H3/b7-5+. The van der Waals surface area contributed by atoms with Crippen LogP contribution in [0.3, 0.4) is 0 Å². The van der Waals surface area contributed by atoms with Gasteiger partial charge < -0.3 is 4.84 Å². The summed E-state index contributed by atoms with van der Waals surface area (Å²) in [4.78, 5) is 14.8. The lowest BCUT2D eigenvalue weighted by molar-refractivity contribution is -0.757. The highest BCUT2D eigenvalue weighted by Gasteiger charge is 2.20. The summed E-state index contributed by atoms with van der Waals surface area (Å²) in [5, 5.41) is 14.2. The molecule has 0 atom stereocenters. The topological polar surface area (TPSA) is 104 Å². The highest BCUT2D eigenvalue weighted by atomic mass is 32.2. The highest BCUT2D eigenvalue weighted by Crippen LogP contribution is 2.33. The first kappa shape index (κ1) is 21.0. The second kappa shape index (κ2) is 9.21. The van der Waals surface area contributed by atoms with Crippen molar-refractivity contribution >= 4 is 15.9 Å². The van der Waals surface area contributed by atoms with E-state index in [-0.39, 0.29) is 11.5 Å². The van der Waals surface area contributed by atoms with Gasteiger partial charge in [0.1, 0.15) is 0 Å². The van der Waals surface area contributed by atoms with Crippen LogP contribution in [0.1, 0.15) is 50.3 Å². The first-order valence-electron chi connectivity index (χ1n) is 9.68. The second-order valence-electron chi connectivity index (χ2n) is 7.24. The molecule has 0 unspecified atom stereocenters. The van der Waals surface area contributed by atoms with E-state index in [0.29, 0.717) is 12.5 Å². The summed E-state index contributed by atoms with van der Waals surface area (Å²) in [6, 6.07) is 9.14. The van der Waals surface area contributed by atoms with Crippen LogP contribution in [-0.4, -0.2) is 36.1 Å². The molecule has 3 rings (SSSR count). The zero-order valence-corrected chi connectivity index (χ0v) is 17.2. The molecule has 1 saturated carbocycles. The van der Waals surface area contributed by atoms with E-state index >= 15 is 0 Å². The number of nitrogens with zero attached hydrogens (tertiary/aromatic N) is 3. The average Bonchev–Trinajstić information content (AvgIpc) is 3.12. The number of benzene rings is 1. The Kier molecular flexibility index (Phi) is 6.68. The Morgan fingerprint density at radius 3 is 2.55 bits per heavy atom. The Labute approximate surface area is 170 Å². The minimum absolute atomic E-state index is 0.00659. The van der Waals surface area contributed by atoms with Crippen LogP contribution in [0, 0.1) is 10.1 Å². The molecule has 156 valence electrons. The maximum absolute atomic E-state index is 11.7. The monoisotopic (exact) mass is 419 g/mol. The molecule has 1 aliphatic carbocycles. The van der Waals surface area contributed by atoms with E-state index in [1.165, 1.54) is 25.5 Å². The number of aromatic nitrogens is 2. The van der Waals surface area contributed by atoms with Gasteiger partial charge in [-0.2, -0.15) is 5.10 Å². The van der Waals surface area contributed by atoms with E-state index in [9.17, 15) is 18.5 Å². The maximum Gasteiger partial charge on any atom is 0.294 e. The lowest BCUT2D eigenvalue weighted by Crippen LogP contribution is -2.15. The van der Waals surface area contributed by atoms with Gasteiger partial charge in [0, 0.05) is 6.26 Å². The lowest BCUT2D eigenvalue weighted by atomic mass is 9.95. The minimum atomic E-state index is -3.24. The summed E-state index contributed by atoms with van der Waals surface area (Å²) in [7, 11) is -3.24. The van der Waals surface area contributed by atoms with Crippen LogP contribution in [0.5, 0.6) is 0 Å². The fraction of sp³-hybridized carbons (Fsp3) is 0.450. The fourth-order valence-corrected chi connectivity index (χ4v) is 4.22. The van der Waals surface area contributed by atoms with Crippen molar-refractivity contribution in [2.24, 2.45) is 0 Å². The molecule has 1 aromatic heterocycles. The van der Waals surface area contributed by atoms with E-state index in [4.69, 9.17) is 5.10 Å². The third kappa shape index (κ3) is 5.66. The van der Waals surface area contributed by atoms with Gasteiger partial charge in [0.05, 0.1) is 28.9 Å². The van der Waals surface area contributed by atoms with Crippen molar-refractivity contribution in [2.75, 3.05) is 12.9 Å². The van der Waals surface area contributed by atoms with Gasteiger partial charge in [-0.1, -0.05) is 37.5 Å². The number of hydrogen-bond donors (Lipinski definition) is 0. The summed E-state index contributed by atoms with van der Waals surface area (Å²) in [5.74, 6) is 0. The van der Waals surface area contributed by atoms with E-state index in [2.05, 4.69) is 4.84 Å². The minimum Gasteiger partial charge on any atom is -0.314 e. The third-order valence-electron chi connectivity index (χ3n) is 5.02. The van der Waals surface area contributed by atoms with Crippen molar-refractivity contribution in [3.8, 4) is 11.3 Å². The highest BCUT2D eigenvalue weighted by molar-refractivity contribution is 7.90. The van der Waals surface area contributed by atoms with Crippen LogP contribution < -0.4 is 0 Å². The van der Waals surface area contributed by atoms with E-state index in [0.717, 1.165) is 29.8 Å². The number of hydrogen-bond acceptors (Lipinski definition) is 6. The second-order valence-corrected chi connectivity index (χ2v) is 9.25. The van der Waals surface area contributed by atoms with Crippen LogP contribution in [0.2, 0.25) is 0 Å². The molecule has 0 aliphatic heterocycles. The van der Waals surface area contributed by atoms with Crippen molar-refractivity contribution in [3.05, 3.63) is 52.2 Å². The Morgan fingerprint density at radius 2 is 1.93 bits per heavy atom. The molecule has 0 amide bonds. The van der Waals surface area contributed by atoms with E-state index in [1.807, 2.05) is 29.0 Å². The fourth-order valence-electron chi connectivity index (χ4n) is 3.59. The summed E-state index contributed by atoms with van der Waals surface area (Å²) in [5.41, 5.74) is 2.61. The van der Waals surface area contributed by atoms with Gasteiger partial charge in [-0.05, 0) is 49.1 Å². The molecular weight excluding hydrogens is 394 g/mol. The SMILES string of the molecule is CS(=O)(=O)c1ccc(-c2cc(/C=C/CCO[N+](=O)[O-])nn2C2CCCCC2)cc1. The lowest BCUT2D eigenvalue weighted by Gasteiger charge is -2.24. The molecule has 29 heavy (non-hydrogen) atoms. The van der Waals surface area contributed by atoms with Crippen LogP contribution in [0.15, 0.2) is 41.3 Å². The zero-order valence-electron chi connectivity index (χ0n) is 16.4. The molecule has 1 aromatic carbocycles. The predicted molar refractivity (Wildman–Crippen MR) is 109 cm³/mol. The molecule has 0 bridgehead atoms. The Balaban J connectivity index is 1.86. The van der Waals surface area contributed by atoms with Crippen molar-refractivity contribution in [3.63, 3.8) is 0 Å². The smallest absolute Gasteiger partial charge is 0.294 e. The van der Waals surface area contributed by atoms with Crippen molar-refractivity contribution in [1.82, 2.24) is 9.78 Å². The molecule has 0 spiro atoms. The zero-order chi connectivity index (χ0) is 20.9. The number of sulfone groups is 1. The summed E-state index contributed by atoms with van der Waals surface area (Å²) >= 11 is 0. The van der Waals surface area contributed by atoms with Gasteiger partial charge in [-0.25, -0.2) is 8.42 Å². The number of rotatable bonds is 8. The molecular formula is C20H25N3O5S. The van der Waals surface area contributed by atoms with Crippen LogP contribution in [0.4, 0.5) is 0 Å². The van der Waals surface area contributed by atoms with Gasteiger partial charge in [0.25, 0.3) is 5.09 Å². The van der Waals surface area contributed by atoms with Crippen LogP contribution in [0.25, 0.3) is 17.3 Å². The molecule has 8 nitrogen and oxygen atoms in total. The van der Waals surface area contributed by atoms with Gasteiger partial charge in [0.15, 0.2) is 9.84 Å². The maximum atomic E-state index is 11.7. The molecule has 0 radical (unpaired) electrons. The first-order valence-corrected chi connectivity index (χ1v) is 11.6. The van der Waals surface area contributed by atoms with Gasteiger partial charge >= 0.3 is 0 Å². The van der Waals surface area contributed by atoms with Crippen LogP contribution in [-0.2, 0) is 14.7 Å². The molecule has 0 saturated heterocycles. The van der Waals surface area contributed by atoms with E-state index < -0.39 is 14.9 Å². The van der Waals surface area contributed by atoms with Crippen molar-refractivity contribution < 1.29 is 18.3 Å². The molecule has 2 aromatic rings. The molecule has 1 fully saturated rings. The van der Waals surface area contributed by atoms with Crippen molar-refractivity contribution in [1.29, 1.82) is 0 Å². The van der Waals surface area contributed by atoms with Crippen LogP contribution >= 0.6 is 0 Å². The Hall–Kier alpha value is -2.68. The molecule has 1 aliphatic rings. The first-order chi connectivity index (χ1) is 13.8. The summed E-state index contributed by atoms with van der Waals surface area (Å²) in [6.45, 7) is 0.00659. The molecule has 1 heterocycles. The van der Waals surface area contributed by atoms with Crippen molar-refractivity contribution in [2.45, 2.75) is 49.5 Å². The Bertz CT molecular complexity index is 974. The molecule has 9 heteroatoms. The largest absolute Gasteiger partial charge is 0.314 e. The van der Waals surface area contributed by atoms with E-state index in [1.54, 1.807) is 18.2 Å². The quantitative estimate of drug-likeness (QED) is 0.363. The van der Waals surface area contributed by atoms with Gasteiger partial charge in [0.2, 0.25) is 0 Å². The van der Waals surface area contributed by atoms with Gasteiger partial charge in [-0.3, -0.25) is 4.68 Å². The van der Waals surface area contributed by atoms with Gasteiger partial charge in [-0.15, -0.1) is 10.1 Å². The average molecular weight is 420 g/mol.